The van der Waals surface area contributed by atoms with E-state index >= 15 is 0 Å². The van der Waals surface area contributed by atoms with Crippen LogP contribution in [0.3, 0.4) is 0 Å². The smallest absolute Gasteiger partial charge is 0.223 e. The summed E-state index contributed by atoms with van der Waals surface area (Å²) >= 11 is 0. The summed E-state index contributed by atoms with van der Waals surface area (Å²) in [5.74, 6) is -0.00701. The molecule has 2 rings (SSSR count). The van der Waals surface area contributed by atoms with Gasteiger partial charge in [0.1, 0.15) is 0 Å². The Hall–Kier alpha value is -1.62. The van der Waals surface area contributed by atoms with E-state index in [1.54, 1.807) is 23.4 Å². The van der Waals surface area contributed by atoms with E-state index in [2.05, 4.69) is 4.98 Å². The number of rotatable bonds is 4. The lowest BCUT2D eigenvalue weighted by Crippen LogP contribution is -2.40. The number of hydrogen-bond donors (Lipinski definition) is 2. The summed E-state index contributed by atoms with van der Waals surface area (Å²) in [4.78, 5) is 28.1. The number of piperidine rings is 1. The van der Waals surface area contributed by atoms with Gasteiger partial charge >= 0.3 is 0 Å². The highest BCUT2D eigenvalue weighted by Gasteiger charge is 2.21. The maximum Gasteiger partial charge on any atom is 0.223 e. The molecule has 2 N–H and O–H groups in total. The van der Waals surface area contributed by atoms with E-state index in [0.29, 0.717) is 31.5 Å². The minimum Gasteiger partial charge on any atom is -0.393 e. The van der Waals surface area contributed by atoms with Gasteiger partial charge in [-0.05, 0) is 18.9 Å². The molecule has 5 nitrogen and oxygen atoms in total. The molecular formula is C13H18N2O3. The summed E-state index contributed by atoms with van der Waals surface area (Å²) in [6.45, 7) is 1.19. The molecule has 18 heavy (non-hydrogen) atoms. The van der Waals surface area contributed by atoms with Crippen LogP contribution < -0.4 is 0 Å². The maximum absolute atomic E-state index is 11.9. The predicted molar refractivity (Wildman–Crippen MR) is 66.2 cm³/mol. The third-order valence-corrected chi connectivity index (χ3v) is 3.30. The van der Waals surface area contributed by atoms with Crippen LogP contribution in [0.25, 0.3) is 0 Å². The molecule has 1 aliphatic heterocycles. The molecule has 5 heteroatoms. The zero-order valence-corrected chi connectivity index (χ0v) is 10.3. The third kappa shape index (κ3) is 3.20. The Morgan fingerprint density at radius 1 is 1.33 bits per heavy atom. The zero-order chi connectivity index (χ0) is 13.0. The molecule has 0 aliphatic carbocycles. The summed E-state index contributed by atoms with van der Waals surface area (Å²) in [5.41, 5.74) is 0.622. The average molecular weight is 250 g/mol. The Labute approximate surface area is 106 Å². The summed E-state index contributed by atoms with van der Waals surface area (Å²) < 4.78 is 0. The van der Waals surface area contributed by atoms with Gasteiger partial charge in [0.25, 0.3) is 0 Å². The van der Waals surface area contributed by atoms with E-state index in [-0.39, 0.29) is 30.6 Å². The van der Waals surface area contributed by atoms with Crippen LogP contribution in [0.4, 0.5) is 0 Å². The highest BCUT2D eigenvalue weighted by Crippen LogP contribution is 2.12. The monoisotopic (exact) mass is 250 g/mol. The van der Waals surface area contributed by atoms with Gasteiger partial charge in [-0.2, -0.15) is 0 Å². The Bertz CT molecular complexity index is 406. The van der Waals surface area contributed by atoms with Gasteiger partial charge < -0.3 is 15.0 Å². The van der Waals surface area contributed by atoms with E-state index in [0.717, 1.165) is 0 Å². The number of hydrogen-bond acceptors (Lipinski definition) is 3. The van der Waals surface area contributed by atoms with Gasteiger partial charge in [0, 0.05) is 43.9 Å². The van der Waals surface area contributed by atoms with Crippen LogP contribution >= 0.6 is 0 Å². The number of likely N-dealkylation sites (tertiary alicyclic amines) is 1. The molecule has 0 unspecified atom stereocenters. The second kappa shape index (κ2) is 5.82. The molecule has 98 valence electrons. The lowest BCUT2D eigenvalue weighted by atomic mass is 10.1. The molecule has 0 bridgehead atoms. The van der Waals surface area contributed by atoms with Crippen molar-refractivity contribution in [1.29, 1.82) is 0 Å². The number of carbonyl (C=O) groups excluding carboxylic acids is 2. The SMILES string of the molecule is O=C(CCC(=O)N1CCC(O)CC1)c1cc[nH]c1. The zero-order valence-electron chi connectivity index (χ0n) is 10.3. The van der Waals surface area contributed by atoms with Crippen LogP contribution in [0.2, 0.25) is 0 Å². The van der Waals surface area contributed by atoms with Gasteiger partial charge in [-0.3, -0.25) is 9.59 Å². The summed E-state index contributed by atoms with van der Waals surface area (Å²) in [7, 11) is 0. The number of aliphatic hydroxyl groups is 1. The van der Waals surface area contributed by atoms with Crippen LogP contribution in [-0.2, 0) is 4.79 Å². The van der Waals surface area contributed by atoms with Crippen LogP contribution in [0.15, 0.2) is 18.5 Å². The Balaban J connectivity index is 1.76. The number of ketones is 1. The molecule has 0 atom stereocenters. The van der Waals surface area contributed by atoms with Crippen LogP contribution in [0.1, 0.15) is 36.0 Å². The average Bonchev–Trinajstić information content (AvgIpc) is 2.90. The Morgan fingerprint density at radius 3 is 2.67 bits per heavy atom. The normalized spacial score (nSPS) is 16.8. The van der Waals surface area contributed by atoms with Gasteiger partial charge in [-0.25, -0.2) is 0 Å². The highest BCUT2D eigenvalue weighted by molar-refractivity contribution is 5.97. The van der Waals surface area contributed by atoms with E-state index in [4.69, 9.17) is 0 Å². The van der Waals surface area contributed by atoms with E-state index in [1.165, 1.54) is 0 Å². The molecule has 0 spiro atoms. The fourth-order valence-electron chi connectivity index (χ4n) is 2.14. The minimum atomic E-state index is -0.282. The fourth-order valence-corrected chi connectivity index (χ4v) is 2.14. The topological polar surface area (TPSA) is 73.4 Å². The molecule has 2 heterocycles. The van der Waals surface area contributed by atoms with Gasteiger partial charge in [-0.1, -0.05) is 0 Å². The van der Waals surface area contributed by atoms with Crippen LogP contribution in [-0.4, -0.2) is 45.9 Å². The summed E-state index contributed by atoms with van der Waals surface area (Å²) in [6, 6.07) is 1.71. The number of amides is 1. The number of aromatic amines is 1. The minimum absolute atomic E-state index is 0.00536. The van der Waals surface area contributed by atoms with Gasteiger partial charge in [0.15, 0.2) is 5.78 Å². The molecular weight excluding hydrogens is 232 g/mol. The number of carbonyl (C=O) groups is 2. The predicted octanol–water partition coefficient (Wildman–Crippen LogP) is 0.961. The highest BCUT2D eigenvalue weighted by atomic mass is 16.3. The van der Waals surface area contributed by atoms with Crippen LogP contribution in [0.5, 0.6) is 0 Å². The molecule has 0 aromatic carbocycles. The number of nitrogens with one attached hydrogen (secondary N) is 1. The standard InChI is InChI=1S/C13H18N2O3/c16-11-4-7-15(8-5-11)13(18)2-1-12(17)10-3-6-14-9-10/h3,6,9,11,14,16H,1-2,4-5,7-8H2. The number of aliphatic hydroxyl groups excluding tert-OH is 1. The first kappa shape index (κ1) is 12.8. The quantitative estimate of drug-likeness (QED) is 0.782. The molecule has 1 saturated heterocycles. The summed E-state index contributed by atoms with van der Waals surface area (Å²) in [6.07, 6.45) is 4.83. The van der Waals surface area contributed by atoms with E-state index in [1.807, 2.05) is 0 Å². The fraction of sp³-hybridized carbons (Fsp3) is 0.538. The second-order valence-electron chi connectivity index (χ2n) is 4.63. The summed E-state index contributed by atoms with van der Waals surface area (Å²) in [5, 5.41) is 9.36. The van der Waals surface area contributed by atoms with Crippen molar-refractivity contribution in [3.05, 3.63) is 24.0 Å². The van der Waals surface area contributed by atoms with Gasteiger partial charge in [0.05, 0.1) is 6.10 Å². The number of Topliss-reactive ketones (excluding diaryl/α,β-unsaturated/α-hetero) is 1. The molecule has 1 amide bonds. The molecule has 0 saturated carbocycles. The Kier molecular flexibility index (Phi) is 4.15. The third-order valence-electron chi connectivity index (χ3n) is 3.30. The van der Waals surface area contributed by atoms with Gasteiger partial charge in [0.2, 0.25) is 5.91 Å². The molecule has 1 aromatic heterocycles. The van der Waals surface area contributed by atoms with Crippen molar-refractivity contribution in [3.8, 4) is 0 Å². The number of H-pyrrole nitrogens is 1. The van der Waals surface area contributed by atoms with Crippen molar-refractivity contribution in [2.24, 2.45) is 0 Å². The number of nitrogens with zero attached hydrogens (tertiary/aromatic N) is 1. The Morgan fingerprint density at radius 2 is 2.06 bits per heavy atom. The lowest BCUT2D eigenvalue weighted by Gasteiger charge is -2.29. The molecule has 1 fully saturated rings. The van der Waals surface area contributed by atoms with E-state index < -0.39 is 0 Å². The first-order valence-electron chi connectivity index (χ1n) is 6.28. The first-order valence-corrected chi connectivity index (χ1v) is 6.28. The van der Waals surface area contributed by atoms with Crippen molar-refractivity contribution < 1.29 is 14.7 Å². The lowest BCUT2D eigenvalue weighted by molar-refractivity contribution is -0.133. The molecule has 1 aromatic rings. The molecule has 0 radical (unpaired) electrons. The van der Waals surface area contributed by atoms with Crippen molar-refractivity contribution in [2.75, 3.05) is 13.1 Å². The molecule has 1 aliphatic rings. The van der Waals surface area contributed by atoms with Crippen LogP contribution in [0, 0.1) is 0 Å². The second-order valence-corrected chi connectivity index (χ2v) is 4.63. The first-order chi connectivity index (χ1) is 8.66. The van der Waals surface area contributed by atoms with Crippen molar-refractivity contribution >= 4 is 11.7 Å². The maximum atomic E-state index is 11.9. The van der Waals surface area contributed by atoms with Crippen molar-refractivity contribution in [1.82, 2.24) is 9.88 Å². The van der Waals surface area contributed by atoms with Gasteiger partial charge in [-0.15, -0.1) is 0 Å². The number of aromatic nitrogens is 1. The van der Waals surface area contributed by atoms with Crippen molar-refractivity contribution in [3.63, 3.8) is 0 Å². The van der Waals surface area contributed by atoms with Crippen molar-refractivity contribution in [2.45, 2.75) is 31.8 Å². The van der Waals surface area contributed by atoms with E-state index in [9.17, 15) is 14.7 Å². The largest absolute Gasteiger partial charge is 0.393 e.